The van der Waals surface area contributed by atoms with E-state index in [-0.39, 0.29) is 0 Å². The van der Waals surface area contributed by atoms with Crippen LogP contribution in [0.2, 0.25) is 0 Å². The highest BCUT2D eigenvalue weighted by molar-refractivity contribution is 5.64. The van der Waals surface area contributed by atoms with Crippen LogP contribution in [0.5, 0.6) is 0 Å². The highest BCUT2D eigenvalue weighted by Gasteiger charge is 2.23. The third-order valence-electron chi connectivity index (χ3n) is 4.66. The van der Waals surface area contributed by atoms with E-state index >= 15 is 0 Å². The third kappa shape index (κ3) is 4.19. The van der Waals surface area contributed by atoms with Gasteiger partial charge in [0.05, 0.1) is 17.2 Å². The standard InChI is InChI=1S/C21H25N3O/c1-21(2,25)15-24-11-10-17-6-9-20(12-18(17)14-24)23(3)19-7-4-16(13-22)5-8-19/h4-9,12,25H,10-11,14-15H2,1-3H3. The minimum Gasteiger partial charge on any atom is -0.389 e. The Kier molecular flexibility index (Phi) is 4.80. The average molecular weight is 335 g/mol. The van der Waals surface area contributed by atoms with Gasteiger partial charge in [-0.05, 0) is 67.8 Å². The van der Waals surface area contributed by atoms with Crippen molar-refractivity contribution >= 4 is 11.4 Å². The first-order valence-electron chi connectivity index (χ1n) is 8.66. The van der Waals surface area contributed by atoms with Crippen LogP contribution in [0.4, 0.5) is 11.4 Å². The number of rotatable bonds is 4. The average Bonchev–Trinajstić information content (AvgIpc) is 2.59. The molecule has 0 fully saturated rings. The molecule has 0 bridgehead atoms. The number of hydrogen-bond acceptors (Lipinski definition) is 4. The summed E-state index contributed by atoms with van der Waals surface area (Å²) < 4.78 is 0. The van der Waals surface area contributed by atoms with E-state index in [1.807, 2.05) is 45.2 Å². The normalized spacial score (nSPS) is 14.7. The zero-order valence-electron chi connectivity index (χ0n) is 15.2. The summed E-state index contributed by atoms with van der Waals surface area (Å²) in [4.78, 5) is 4.45. The first kappa shape index (κ1) is 17.5. The Balaban J connectivity index is 1.80. The molecule has 4 heteroatoms. The first-order chi connectivity index (χ1) is 11.9. The maximum absolute atomic E-state index is 10.1. The summed E-state index contributed by atoms with van der Waals surface area (Å²) in [6.45, 7) is 6.26. The molecule has 2 aromatic carbocycles. The lowest BCUT2D eigenvalue weighted by Crippen LogP contribution is -2.41. The van der Waals surface area contributed by atoms with Gasteiger partial charge in [0.2, 0.25) is 0 Å². The quantitative estimate of drug-likeness (QED) is 0.930. The number of fused-ring (bicyclic) bond motifs is 1. The number of β-amino-alcohol motifs (C(OH)–C–C–N with tert-alkyl or cyclic N) is 1. The van der Waals surface area contributed by atoms with Gasteiger partial charge in [0.15, 0.2) is 0 Å². The van der Waals surface area contributed by atoms with Crippen molar-refractivity contribution in [3.05, 3.63) is 59.2 Å². The van der Waals surface area contributed by atoms with Gasteiger partial charge in [0, 0.05) is 38.1 Å². The molecule has 0 atom stereocenters. The van der Waals surface area contributed by atoms with Crippen molar-refractivity contribution in [3.63, 3.8) is 0 Å². The monoisotopic (exact) mass is 335 g/mol. The molecule has 4 nitrogen and oxygen atoms in total. The van der Waals surface area contributed by atoms with Crippen LogP contribution in [0.15, 0.2) is 42.5 Å². The Morgan fingerprint density at radius 1 is 1.12 bits per heavy atom. The lowest BCUT2D eigenvalue weighted by atomic mass is 9.97. The summed E-state index contributed by atoms with van der Waals surface area (Å²) in [6, 6.07) is 16.4. The van der Waals surface area contributed by atoms with Crippen molar-refractivity contribution in [3.8, 4) is 6.07 Å². The molecule has 130 valence electrons. The molecule has 0 aromatic heterocycles. The SMILES string of the molecule is CN(c1ccc(C#N)cc1)c1ccc2c(c1)CN(CC(C)(C)O)CC2. The van der Waals surface area contributed by atoms with Crippen molar-refractivity contribution in [2.24, 2.45) is 0 Å². The van der Waals surface area contributed by atoms with Crippen molar-refractivity contribution in [2.75, 3.05) is 25.0 Å². The Morgan fingerprint density at radius 2 is 1.80 bits per heavy atom. The second-order valence-corrected chi connectivity index (χ2v) is 7.44. The lowest BCUT2D eigenvalue weighted by Gasteiger charge is -2.33. The van der Waals surface area contributed by atoms with Crippen LogP contribution in [0.1, 0.15) is 30.5 Å². The Morgan fingerprint density at radius 3 is 2.44 bits per heavy atom. The summed E-state index contributed by atoms with van der Waals surface area (Å²) in [7, 11) is 2.04. The molecule has 3 rings (SSSR count). The van der Waals surface area contributed by atoms with Gasteiger partial charge in [0.25, 0.3) is 0 Å². The first-order valence-corrected chi connectivity index (χ1v) is 8.66. The molecule has 1 heterocycles. The largest absolute Gasteiger partial charge is 0.389 e. The van der Waals surface area contributed by atoms with E-state index < -0.39 is 5.60 Å². The molecule has 2 aromatic rings. The molecule has 0 amide bonds. The summed E-state index contributed by atoms with van der Waals surface area (Å²) in [5, 5.41) is 19.0. The van der Waals surface area contributed by atoms with Gasteiger partial charge in [-0.15, -0.1) is 0 Å². The number of nitriles is 1. The van der Waals surface area contributed by atoms with E-state index in [0.29, 0.717) is 12.1 Å². The van der Waals surface area contributed by atoms with E-state index in [4.69, 9.17) is 5.26 Å². The predicted molar refractivity (Wildman–Crippen MR) is 101 cm³/mol. The summed E-state index contributed by atoms with van der Waals surface area (Å²) >= 11 is 0. The number of benzene rings is 2. The van der Waals surface area contributed by atoms with Gasteiger partial charge in [0.1, 0.15) is 0 Å². The highest BCUT2D eigenvalue weighted by Crippen LogP contribution is 2.29. The molecule has 0 saturated heterocycles. The van der Waals surface area contributed by atoms with E-state index in [1.165, 1.54) is 11.1 Å². The molecule has 1 N–H and O–H groups in total. The minimum atomic E-state index is -0.672. The maximum atomic E-state index is 10.1. The fourth-order valence-corrected chi connectivity index (χ4v) is 3.40. The van der Waals surface area contributed by atoms with E-state index in [1.54, 1.807) is 0 Å². The lowest BCUT2D eigenvalue weighted by molar-refractivity contribution is 0.0318. The molecule has 1 aliphatic heterocycles. The molecule has 0 aliphatic carbocycles. The van der Waals surface area contributed by atoms with Crippen LogP contribution in [-0.2, 0) is 13.0 Å². The highest BCUT2D eigenvalue weighted by atomic mass is 16.3. The summed E-state index contributed by atoms with van der Waals surface area (Å²) in [5.41, 5.74) is 4.91. The van der Waals surface area contributed by atoms with E-state index in [2.05, 4.69) is 34.1 Å². The third-order valence-corrected chi connectivity index (χ3v) is 4.66. The number of aliphatic hydroxyl groups is 1. The molecule has 1 aliphatic rings. The molecule has 25 heavy (non-hydrogen) atoms. The number of anilines is 2. The van der Waals surface area contributed by atoms with Crippen molar-refractivity contribution < 1.29 is 5.11 Å². The van der Waals surface area contributed by atoms with Crippen LogP contribution in [0, 0.1) is 11.3 Å². The zero-order valence-corrected chi connectivity index (χ0v) is 15.2. The molecule has 0 spiro atoms. The maximum Gasteiger partial charge on any atom is 0.0991 e. The van der Waals surface area contributed by atoms with Gasteiger partial charge in [-0.3, -0.25) is 4.90 Å². The van der Waals surface area contributed by atoms with Crippen LogP contribution >= 0.6 is 0 Å². The van der Waals surface area contributed by atoms with Gasteiger partial charge in [-0.25, -0.2) is 0 Å². The van der Waals surface area contributed by atoms with Crippen molar-refractivity contribution in [2.45, 2.75) is 32.4 Å². The van der Waals surface area contributed by atoms with Crippen LogP contribution in [-0.4, -0.2) is 35.7 Å². The molecule has 0 radical (unpaired) electrons. The fourth-order valence-electron chi connectivity index (χ4n) is 3.40. The fraction of sp³-hybridized carbons (Fsp3) is 0.381. The smallest absolute Gasteiger partial charge is 0.0991 e. The Bertz CT molecular complexity index is 784. The summed E-state index contributed by atoms with van der Waals surface area (Å²) in [5.74, 6) is 0. The molecule has 0 saturated carbocycles. The predicted octanol–water partition coefficient (Wildman–Crippen LogP) is 3.46. The second-order valence-electron chi connectivity index (χ2n) is 7.44. The second kappa shape index (κ2) is 6.87. The Hall–Kier alpha value is -2.35. The molecular formula is C21H25N3O. The van der Waals surface area contributed by atoms with E-state index in [9.17, 15) is 5.11 Å². The van der Waals surface area contributed by atoms with Gasteiger partial charge >= 0.3 is 0 Å². The number of hydrogen-bond donors (Lipinski definition) is 1. The van der Waals surface area contributed by atoms with Crippen LogP contribution in [0.25, 0.3) is 0 Å². The van der Waals surface area contributed by atoms with Gasteiger partial charge < -0.3 is 10.0 Å². The van der Waals surface area contributed by atoms with Gasteiger partial charge in [-0.1, -0.05) is 6.07 Å². The number of nitrogens with zero attached hydrogens (tertiary/aromatic N) is 3. The minimum absolute atomic E-state index is 0.671. The summed E-state index contributed by atoms with van der Waals surface area (Å²) in [6.07, 6.45) is 1.02. The Labute approximate surface area is 149 Å². The van der Waals surface area contributed by atoms with Crippen LogP contribution in [0.3, 0.4) is 0 Å². The molecule has 0 unspecified atom stereocenters. The van der Waals surface area contributed by atoms with E-state index in [0.717, 1.165) is 30.9 Å². The zero-order chi connectivity index (χ0) is 18.0. The van der Waals surface area contributed by atoms with Crippen molar-refractivity contribution in [1.29, 1.82) is 5.26 Å². The van der Waals surface area contributed by atoms with Gasteiger partial charge in [-0.2, -0.15) is 5.26 Å². The topological polar surface area (TPSA) is 50.5 Å². The van der Waals surface area contributed by atoms with Crippen molar-refractivity contribution in [1.82, 2.24) is 4.90 Å². The van der Waals surface area contributed by atoms with Crippen LogP contribution < -0.4 is 4.90 Å². The molecular weight excluding hydrogens is 310 g/mol.